The van der Waals surface area contributed by atoms with Crippen LogP contribution in [0.5, 0.6) is 0 Å². The van der Waals surface area contributed by atoms with E-state index in [1.165, 1.54) is 33.8 Å². The van der Waals surface area contributed by atoms with Crippen LogP contribution in [0.25, 0.3) is 5.69 Å². The molecule has 4 aromatic rings. The molecule has 34 heavy (non-hydrogen) atoms. The van der Waals surface area contributed by atoms with Gasteiger partial charge in [0, 0.05) is 39.0 Å². The van der Waals surface area contributed by atoms with Gasteiger partial charge in [0.15, 0.2) is 5.11 Å². The number of benzene rings is 2. The van der Waals surface area contributed by atoms with Crippen molar-refractivity contribution in [2.45, 2.75) is 39.8 Å². The molecule has 0 aliphatic carbocycles. The topological polar surface area (TPSA) is 33.1 Å². The van der Waals surface area contributed by atoms with E-state index in [4.69, 9.17) is 17.2 Å². The third kappa shape index (κ3) is 3.75. The average Bonchev–Trinajstić information content (AvgIpc) is 3.29. The Morgan fingerprint density at radius 1 is 0.882 bits per heavy atom. The molecule has 1 N–H and O–H groups in total. The molecule has 1 saturated heterocycles. The fourth-order valence-electron chi connectivity index (χ4n) is 5.11. The number of hydrogen-bond donors (Lipinski definition) is 1. The Morgan fingerprint density at radius 2 is 1.62 bits per heavy atom. The maximum Gasteiger partial charge on any atom is 0.174 e. The first-order chi connectivity index (χ1) is 16.4. The SMILES string of the molecule is Cc1cc(N2C(=S)N[C@H](c3ccccn3)[C@@H]2c2c(C)c(C)n(-c3ccccc3)c2C)ccc1Br. The van der Waals surface area contributed by atoms with E-state index in [9.17, 15) is 0 Å². The number of anilines is 1. The summed E-state index contributed by atoms with van der Waals surface area (Å²) in [6, 6.07) is 22.9. The Bertz CT molecular complexity index is 1360. The summed E-state index contributed by atoms with van der Waals surface area (Å²) in [4.78, 5) is 6.98. The van der Waals surface area contributed by atoms with E-state index in [0.717, 1.165) is 15.9 Å². The number of nitrogens with zero attached hydrogens (tertiary/aromatic N) is 3. The molecule has 0 radical (unpaired) electrons. The smallest absolute Gasteiger partial charge is 0.174 e. The molecule has 1 fully saturated rings. The van der Waals surface area contributed by atoms with Crippen LogP contribution in [-0.4, -0.2) is 14.7 Å². The number of nitrogens with one attached hydrogen (secondary N) is 1. The number of hydrogen-bond acceptors (Lipinski definition) is 2. The predicted octanol–water partition coefficient (Wildman–Crippen LogP) is 7.05. The van der Waals surface area contributed by atoms with Gasteiger partial charge in [-0.15, -0.1) is 0 Å². The van der Waals surface area contributed by atoms with Crippen LogP contribution in [0.3, 0.4) is 0 Å². The highest BCUT2D eigenvalue weighted by Gasteiger charge is 2.43. The monoisotopic (exact) mass is 530 g/mol. The molecule has 0 amide bonds. The zero-order valence-electron chi connectivity index (χ0n) is 19.7. The number of aromatic nitrogens is 2. The van der Waals surface area contributed by atoms with Crippen LogP contribution >= 0.6 is 28.1 Å². The first kappa shape index (κ1) is 22.8. The van der Waals surface area contributed by atoms with Gasteiger partial charge in [0.1, 0.15) is 0 Å². The van der Waals surface area contributed by atoms with E-state index in [0.29, 0.717) is 5.11 Å². The first-order valence-electron chi connectivity index (χ1n) is 11.4. The van der Waals surface area contributed by atoms with Gasteiger partial charge in [-0.25, -0.2) is 0 Å². The largest absolute Gasteiger partial charge is 0.351 e. The van der Waals surface area contributed by atoms with Gasteiger partial charge in [-0.3, -0.25) is 4.98 Å². The molecule has 4 nitrogen and oxygen atoms in total. The van der Waals surface area contributed by atoms with Crippen molar-refractivity contribution in [2.24, 2.45) is 0 Å². The van der Waals surface area contributed by atoms with Gasteiger partial charge >= 0.3 is 0 Å². The lowest BCUT2D eigenvalue weighted by molar-refractivity contribution is 0.563. The van der Waals surface area contributed by atoms with Gasteiger partial charge < -0.3 is 14.8 Å². The van der Waals surface area contributed by atoms with Crippen LogP contribution in [0.2, 0.25) is 0 Å². The molecule has 5 rings (SSSR count). The molecular formula is C28H27BrN4S. The third-order valence-electron chi connectivity index (χ3n) is 6.84. The standard InChI is InChI=1S/C28H27BrN4S/c1-17-16-22(13-14-23(17)29)33-27(26(31-28(33)34)24-12-8-9-15-30-24)25-18(2)19(3)32(20(25)4)21-10-6-5-7-11-21/h5-16,26-27H,1-4H3,(H,31,34)/t26-,27+/m1/s1. The minimum absolute atomic E-state index is 0.0355. The highest BCUT2D eigenvalue weighted by Crippen LogP contribution is 2.45. The van der Waals surface area contributed by atoms with Gasteiger partial charge in [-0.2, -0.15) is 0 Å². The molecular weight excluding hydrogens is 504 g/mol. The van der Waals surface area contributed by atoms with Crippen molar-refractivity contribution in [1.82, 2.24) is 14.9 Å². The molecule has 0 spiro atoms. The average molecular weight is 532 g/mol. The lowest BCUT2D eigenvalue weighted by Crippen LogP contribution is -2.30. The van der Waals surface area contributed by atoms with Gasteiger partial charge in [-0.1, -0.05) is 40.2 Å². The lowest BCUT2D eigenvalue weighted by Gasteiger charge is -2.29. The van der Waals surface area contributed by atoms with E-state index < -0.39 is 0 Å². The van der Waals surface area contributed by atoms with Crippen molar-refractivity contribution < 1.29 is 0 Å². The lowest BCUT2D eigenvalue weighted by atomic mass is 9.93. The number of pyridine rings is 1. The van der Waals surface area contributed by atoms with E-state index in [2.05, 4.69) is 113 Å². The molecule has 1 aliphatic heterocycles. The number of halogens is 1. The maximum absolute atomic E-state index is 5.94. The van der Waals surface area contributed by atoms with Crippen LogP contribution in [0.4, 0.5) is 5.69 Å². The van der Waals surface area contributed by atoms with E-state index in [1.807, 2.05) is 18.3 Å². The highest BCUT2D eigenvalue weighted by molar-refractivity contribution is 9.10. The van der Waals surface area contributed by atoms with Gasteiger partial charge in [0.05, 0.1) is 17.8 Å². The van der Waals surface area contributed by atoms with Gasteiger partial charge in [-0.05, 0) is 93.5 Å². The van der Waals surface area contributed by atoms with Crippen molar-refractivity contribution in [3.8, 4) is 5.69 Å². The fourth-order valence-corrected chi connectivity index (χ4v) is 5.70. The van der Waals surface area contributed by atoms with Crippen LogP contribution in [-0.2, 0) is 0 Å². The number of para-hydroxylation sites is 1. The zero-order valence-corrected chi connectivity index (χ0v) is 22.1. The highest BCUT2D eigenvalue weighted by atomic mass is 79.9. The Labute approximate surface area is 214 Å². The molecule has 2 atom stereocenters. The van der Waals surface area contributed by atoms with Gasteiger partial charge in [0.2, 0.25) is 0 Å². The van der Waals surface area contributed by atoms with Crippen LogP contribution in [0, 0.1) is 27.7 Å². The summed E-state index contributed by atoms with van der Waals surface area (Å²) in [5.41, 5.74) is 9.41. The second kappa shape index (κ2) is 9.01. The molecule has 0 unspecified atom stereocenters. The summed E-state index contributed by atoms with van der Waals surface area (Å²) < 4.78 is 3.44. The van der Waals surface area contributed by atoms with Gasteiger partial charge in [0.25, 0.3) is 0 Å². The third-order valence-corrected chi connectivity index (χ3v) is 8.04. The Kier molecular flexibility index (Phi) is 6.04. The minimum Gasteiger partial charge on any atom is -0.351 e. The minimum atomic E-state index is -0.0684. The van der Waals surface area contributed by atoms with Crippen LogP contribution < -0.4 is 10.2 Å². The van der Waals surface area contributed by atoms with E-state index in [-0.39, 0.29) is 12.1 Å². The summed E-state index contributed by atoms with van der Waals surface area (Å²) >= 11 is 9.58. The summed E-state index contributed by atoms with van der Waals surface area (Å²) in [7, 11) is 0. The Morgan fingerprint density at radius 3 is 2.29 bits per heavy atom. The van der Waals surface area contributed by atoms with Crippen LogP contribution in [0.1, 0.15) is 45.9 Å². The van der Waals surface area contributed by atoms with Crippen molar-refractivity contribution in [1.29, 1.82) is 0 Å². The zero-order chi connectivity index (χ0) is 24.0. The number of aryl methyl sites for hydroxylation is 1. The summed E-state index contributed by atoms with van der Waals surface area (Å²) in [6.07, 6.45) is 1.85. The summed E-state index contributed by atoms with van der Waals surface area (Å²) in [5.74, 6) is 0. The number of rotatable bonds is 4. The predicted molar refractivity (Wildman–Crippen MR) is 147 cm³/mol. The Hall–Kier alpha value is -2.96. The summed E-state index contributed by atoms with van der Waals surface area (Å²) in [6.45, 7) is 8.74. The van der Waals surface area contributed by atoms with E-state index >= 15 is 0 Å². The normalized spacial score (nSPS) is 17.8. The van der Waals surface area contributed by atoms with Crippen molar-refractivity contribution in [3.05, 3.63) is 111 Å². The molecule has 0 bridgehead atoms. The quantitative estimate of drug-likeness (QED) is 0.286. The first-order valence-corrected chi connectivity index (χ1v) is 12.6. The van der Waals surface area contributed by atoms with Crippen molar-refractivity contribution in [3.63, 3.8) is 0 Å². The molecule has 6 heteroatoms. The summed E-state index contributed by atoms with van der Waals surface area (Å²) in [5, 5.41) is 4.31. The molecule has 172 valence electrons. The second-order valence-corrected chi connectivity index (χ2v) is 10.1. The van der Waals surface area contributed by atoms with Crippen molar-refractivity contribution in [2.75, 3.05) is 4.90 Å². The molecule has 2 aromatic carbocycles. The van der Waals surface area contributed by atoms with Crippen molar-refractivity contribution >= 4 is 38.9 Å². The van der Waals surface area contributed by atoms with E-state index in [1.54, 1.807) is 0 Å². The molecule has 0 saturated carbocycles. The number of thiocarbonyl (C=S) groups is 1. The Balaban J connectivity index is 1.74. The fraction of sp³-hybridized carbons (Fsp3) is 0.214. The second-order valence-electron chi connectivity index (χ2n) is 8.81. The van der Waals surface area contributed by atoms with Crippen LogP contribution in [0.15, 0.2) is 77.4 Å². The molecule has 3 heterocycles. The molecule has 1 aliphatic rings. The molecule has 2 aromatic heterocycles. The maximum atomic E-state index is 5.94.